The molecule has 1 heterocycles. The zero-order valence-corrected chi connectivity index (χ0v) is 17.0. The summed E-state index contributed by atoms with van der Waals surface area (Å²) < 4.78 is 0.723. The summed E-state index contributed by atoms with van der Waals surface area (Å²) in [6.45, 7) is 3.80. The van der Waals surface area contributed by atoms with E-state index in [1.54, 1.807) is 24.3 Å². The van der Waals surface area contributed by atoms with Crippen LogP contribution in [-0.2, 0) is 15.0 Å². The molecule has 2 N–H and O–H groups in total. The van der Waals surface area contributed by atoms with Gasteiger partial charge in [0.2, 0.25) is 0 Å². The molecule has 6 nitrogen and oxygen atoms in total. The van der Waals surface area contributed by atoms with Crippen molar-refractivity contribution < 1.29 is 19.2 Å². The summed E-state index contributed by atoms with van der Waals surface area (Å²) in [5.74, 6) is 4.33. The third-order valence-corrected chi connectivity index (χ3v) is 5.40. The normalized spacial score (nSPS) is 12.8. The molecule has 0 bridgehead atoms. The lowest BCUT2D eigenvalue weighted by Gasteiger charge is -2.29. The van der Waals surface area contributed by atoms with Crippen molar-refractivity contribution in [2.75, 3.05) is 0 Å². The van der Waals surface area contributed by atoms with E-state index < -0.39 is 11.4 Å². The van der Waals surface area contributed by atoms with Gasteiger partial charge in [0.05, 0.1) is 5.41 Å². The number of ketones is 1. The minimum absolute atomic E-state index is 0.0317. The van der Waals surface area contributed by atoms with Crippen LogP contribution < -0.4 is 10.6 Å². The van der Waals surface area contributed by atoms with Gasteiger partial charge in [-0.05, 0) is 37.0 Å². The first kappa shape index (κ1) is 21.2. The number of rotatable bonds is 7. The number of pyridine rings is 1. The fraction of sp³-hybridized carbons (Fsp3) is 0.208. The van der Waals surface area contributed by atoms with Crippen molar-refractivity contribution in [3.8, 4) is 11.1 Å². The van der Waals surface area contributed by atoms with E-state index in [9.17, 15) is 14.8 Å². The largest absolute Gasteiger partial charge is 0.619 e. The highest BCUT2D eigenvalue weighted by Gasteiger charge is 2.36. The van der Waals surface area contributed by atoms with Gasteiger partial charge >= 0.3 is 5.97 Å². The van der Waals surface area contributed by atoms with Gasteiger partial charge in [0.1, 0.15) is 0 Å². The first-order valence-electron chi connectivity index (χ1n) is 9.64. The van der Waals surface area contributed by atoms with Crippen molar-refractivity contribution in [2.24, 2.45) is 5.90 Å². The monoisotopic (exact) mass is 404 g/mol. The minimum atomic E-state index is -0.914. The van der Waals surface area contributed by atoms with Gasteiger partial charge in [-0.25, -0.2) is 0 Å². The molecule has 6 heteroatoms. The van der Waals surface area contributed by atoms with Crippen molar-refractivity contribution >= 4 is 11.8 Å². The topological polar surface area (TPSA) is 96.3 Å². The van der Waals surface area contributed by atoms with Crippen molar-refractivity contribution in [3.05, 3.63) is 95.0 Å². The quantitative estimate of drug-likeness (QED) is 0.281. The van der Waals surface area contributed by atoms with Crippen molar-refractivity contribution in [2.45, 2.75) is 32.1 Å². The standard InChI is InChI=1S/C24H24N2O4/c1-17-4-3-5-21(16-17)24(2,13-10-22(27)30-25)23(28)20-8-6-18(7-9-20)19-11-14-26(29)15-12-19/h3-9,11-12,14-16H,10,13,25H2,1-2H3. The van der Waals surface area contributed by atoms with Gasteiger partial charge in [0.25, 0.3) is 0 Å². The van der Waals surface area contributed by atoms with Crippen LogP contribution in [0.5, 0.6) is 0 Å². The van der Waals surface area contributed by atoms with Gasteiger partial charge in [0.15, 0.2) is 18.2 Å². The Balaban J connectivity index is 1.93. The van der Waals surface area contributed by atoms with Gasteiger partial charge in [-0.1, -0.05) is 54.1 Å². The number of aromatic nitrogens is 1. The van der Waals surface area contributed by atoms with E-state index in [4.69, 9.17) is 5.90 Å². The fourth-order valence-electron chi connectivity index (χ4n) is 3.53. The Kier molecular flexibility index (Phi) is 6.28. The second kappa shape index (κ2) is 8.88. The summed E-state index contributed by atoms with van der Waals surface area (Å²) in [5, 5.41) is 11.2. The van der Waals surface area contributed by atoms with Crippen LogP contribution in [0.25, 0.3) is 11.1 Å². The smallest absolute Gasteiger partial charge is 0.324 e. The van der Waals surface area contributed by atoms with Crippen LogP contribution in [0, 0.1) is 12.1 Å². The number of aryl methyl sites for hydroxylation is 1. The molecule has 30 heavy (non-hydrogen) atoms. The predicted molar refractivity (Wildman–Crippen MR) is 113 cm³/mol. The first-order chi connectivity index (χ1) is 14.3. The highest BCUT2D eigenvalue weighted by Crippen LogP contribution is 2.34. The number of hydrogen-bond acceptors (Lipinski definition) is 5. The predicted octanol–water partition coefficient (Wildman–Crippen LogP) is 3.63. The maximum Gasteiger partial charge on any atom is 0.324 e. The van der Waals surface area contributed by atoms with Gasteiger partial charge in [-0.2, -0.15) is 10.6 Å². The molecule has 0 aliphatic carbocycles. The molecule has 0 radical (unpaired) electrons. The molecular weight excluding hydrogens is 380 g/mol. The summed E-state index contributed by atoms with van der Waals surface area (Å²) >= 11 is 0. The van der Waals surface area contributed by atoms with E-state index in [1.165, 1.54) is 12.4 Å². The van der Waals surface area contributed by atoms with E-state index in [1.807, 2.05) is 50.2 Å². The Bertz CT molecular complexity index is 1050. The molecule has 0 fully saturated rings. The number of carbonyl (C=O) groups excluding carboxylic acids is 2. The lowest BCUT2D eigenvalue weighted by atomic mass is 9.72. The first-order valence-corrected chi connectivity index (χ1v) is 9.64. The molecule has 154 valence electrons. The number of carbonyl (C=O) groups is 2. The minimum Gasteiger partial charge on any atom is -0.619 e. The van der Waals surface area contributed by atoms with Gasteiger partial charge in [-0.15, -0.1) is 0 Å². The Morgan fingerprint density at radius 1 is 1.03 bits per heavy atom. The van der Waals surface area contributed by atoms with Crippen LogP contribution in [0.2, 0.25) is 0 Å². The molecule has 1 aromatic heterocycles. The third-order valence-electron chi connectivity index (χ3n) is 5.40. The summed E-state index contributed by atoms with van der Waals surface area (Å²) in [6, 6.07) is 18.4. The SMILES string of the molecule is Cc1cccc(C(C)(CCC(=O)ON)C(=O)c2ccc(-c3cc[n+]([O-])cc3)cc2)c1. The van der Waals surface area contributed by atoms with Crippen molar-refractivity contribution in [1.29, 1.82) is 0 Å². The molecule has 0 spiro atoms. The maximum atomic E-state index is 13.5. The summed E-state index contributed by atoms with van der Waals surface area (Å²) in [6.07, 6.45) is 3.17. The highest BCUT2D eigenvalue weighted by atomic mass is 16.7. The maximum absolute atomic E-state index is 13.5. The average Bonchev–Trinajstić information content (AvgIpc) is 2.77. The summed E-state index contributed by atoms with van der Waals surface area (Å²) in [7, 11) is 0. The van der Waals surface area contributed by atoms with E-state index in [0.717, 1.165) is 27.0 Å². The van der Waals surface area contributed by atoms with E-state index in [-0.39, 0.29) is 18.6 Å². The van der Waals surface area contributed by atoms with Gasteiger partial charge < -0.3 is 10.0 Å². The Morgan fingerprint density at radius 2 is 1.67 bits per heavy atom. The zero-order chi connectivity index (χ0) is 21.7. The zero-order valence-electron chi connectivity index (χ0n) is 17.0. The van der Waals surface area contributed by atoms with Crippen LogP contribution in [0.3, 0.4) is 0 Å². The molecule has 0 saturated heterocycles. The van der Waals surface area contributed by atoms with Gasteiger partial charge in [-0.3, -0.25) is 9.59 Å². The molecule has 1 unspecified atom stereocenters. The number of nitrogens with zero attached hydrogens (tertiary/aromatic N) is 1. The summed E-state index contributed by atoms with van der Waals surface area (Å²) in [5.41, 5.74) is 3.28. The van der Waals surface area contributed by atoms with Crippen LogP contribution in [0.15, 0.2) is 73.1 Å². The number of benzene rings is 2. The molecular formula is C24H24N2O4. The second-order valence-electron chi connectivity index (χ2n) is 7.54. The lowest BCUT2D eigenvalue weighted by Crippen LogP contribution is -2.34. The Morgan fingerprint density at radius 3 is 2.27 bits per heavy atom. The number of nitrogens with two attached hydrogens (primary N) is 1. The number of Topliss-reactive ketones (excluding diaryl/α,β-unsaturated/α-hetero) is 1. The third kappa shape index (κ3) is 4.55. The molecule has 0 aliphatic heterocycles. The fourth-order valence-corrected chi connectivity index (χ4v) is 3.53. The molecule has 2 aromatic carbocycles. The summed E-state index contributed by atoms with van der Waals surface area (Å²) in [4.78, 5) is 29.5. The van der Waals surface area contributed by atoms with Gasteiger partial charge in [0, 0.05) is 24.1 Å². The molecule has 3 rings (SSSR count). The Hall–Kier alpha value is -3.51. The highest BCUT2D eigenvalue weighted by molar-refractivity contribution is 6.04. The molecule has 0 aliphatic rings. The van der Waals surface area contributed by atoms with Crippen LogP contribution >= 0.6 is 0 Å². The lowest BCUT2D eigenvalue weighted by molar-refractivity contribution is -0.605. The molecule has 1 atom stereocenters. The van der Waals surface area contributed by atoms with E-state index >= 15 is 0 Å². The number of hydrogen-bond donors (Lipinski definition) is 1. The Labute approximate surface area is 175 Å². The van der Waals surface area contributed by atoms with Crippen LogP contribution in [-0.4, -0.2) is 11.8 Å². The van der Waals surface area contributed by atoms with Crippen LogP contribution in [0.4, 0.5) is 0 Å². The van der Waals surface area contributed by atoms with Crippen molar-refractivity contribution in [1.82, 2.24) is 0 Å². The van der Waals surface area contributed by atoms with Crippen molar-refractivity contribution in [3.63, 3.8) is 0 Å². The van der Waals surface area contributed by atoms with Crippen LogP contribution in [0.1, 0.15) is 41.3 Å². The molecule has 3 aromatic rings. The molecule has 0 saturated carbocycles. The van der Waals surface area contributed by atoms with E-state index in [2.05, 4.69) is 4.84 Å². The molecule has 0 amide bonds. The van der Waals surface area contributed by atoms with E-state index in [0.29, 0.717) is 5.56 Å². The average molecular weight is 404 g/mol. The second-order valence-corrected chi connectivity index (χ2v) is 7.54.